The predicted molar refractivity (Wildman–Crippen MR) is 69.2 cm³/mol. The molecule has 0 radical (unpaired) electrons. The fourth-order valence-electron chi connectivity index (χ4n) is 1.81. The molecule has 1 aliphatic rings. The molecule has 1 aromatic rings. The van der Waals surface area contributed by atoms with Crippen molar-refractivity contribution >= 4 is 23.0 Å². The highest BCUT2D eigenvalue weighted by Crippen LogP contribution is 2.30. The Morgan fingerprint density at radius 2 is 2.42 bits per heavy atom. The Hall–Kier alpha value is -1.44. The van der Waals surface area contributed by atoms with Crippen LogP contribution in [-0.4, -0.2) is 37.3 Å². The Morgan fingerprint density at radius 1 is 1.63 bits per heavy atom. The number of anilines is 1. The van der Waals surface area contributed by atoms with Crippen LogP contribution in [0.1, 0.15) is 0 Å². The molecule has 1 atom stereocenters. The van der Waals surface area contributed by atoms with Gasteiger partial charge in [0, 0.05) is 19.1 Å². The number of nitro benzene ring substituents is 1. The average Bonchev–Trinajstić information content (AvgIpc) is 2.40. The second-order valence-corrected chi connectivity index (χ2v) is 4.55. The zero-order valence-electron chi connectivity index (χ0n) is 9.99. The van der Waals surface area contributed by atoms with Crippen molar-refractivity contribution in [3.63, 3.8) is 0 Å². The molecular formula is C11H13ClFN3O3. The van der Waals surface area contributed by atoms with E-state index >= 15 is 0 Å². The number of benzene rings is 1. The van der Waals surface area contributed by atoms with Gasteiger partial charge in [-0.05, 0) is 6.07 Å². The quantitative estimate of drug-likeness (QED) is 0.653. The van der Waals surface area contributed by atoms with Gasteiger partial charge in [0.15, 0.2) is 0 Å². The lowest BCUT2D eigenvalue weighted by molar-refractivity contribution is -0.384. The van der Waals surface area contributed by atoms with Crippen molar-refractivity contribution in [1.29, 1.82) is 0 Å². The molecule has 19 heavy (non-hydrogen) atoms. The summed E-state index contributed by atoms with van der Waals surface area (Å²) in [5.41, 5.74) is -0.137. The first-order chi connectivity index (χ1) is 9.08. The second-order valence-electron chi connectivity index (χ2n) is 4.15. The van der Waals surface area contributed by atoms with Crippen molar-refractivity contribution in [3.05, 3.63) is 33.1 Å². The Labute approximate surface area is 114 Å². The number of hydrogen-bond acceptors (Lipinski definition) is 5. The summed E-state index contributed by atoms with van der Waals surface area (Å²) in [7, 11) is 0. The van der Waals surface area contributed by atoms with Crippen LogP contribution in [0.25, 0.3) is 0 Å². The molecule has 6 nitrogen and oxygen atoms in total. The van der Waals surface area contributed by atoms with E-state index in [1.165, 1.54) is 6.07 Å². The molecule has 2 rings (SSSR count). The highest BCUT2D eigenvalue weighted by Gasteiger charge is 2.19. The van der Waals surface area contributed by atoms with Crippen LogP contribution in [0.4, 0.5) is 15.8 Å². The standard InChI is InChI=1S/C11H13ClFN3O3/c12-8-3-10(11(16(17)18)4-9(8)13)15-5-7-6-19-2-1-14-7/h3-4,7,14-15H,1-2,5-6H2. The van der Waals surface area contributed by atoms with Crippen molar-refractivity contribution in [1.82, 2.24) is 5.32 Å². The van der Waals surface area contributed by atoms with E-state index in [-0.39, 0.29) is 22.4 Å². The second kappa shape index (κ2) is 6.14. The molecule has 0 spiro atoms. The maximum absolute atomic E-state index is 13.2. The molecule has 1 unspecified atom stereocenters. The van der Waals surface area contributed by atoms with Crippen molar-refractivity contribution < 1.29 is 14.1 Å². The summed E-state index contributed by atoms with van der Waals surface area (Å²) in [6.45, 7) is 2.34. The first-order valence-corrected chi connectivity index (χ1v) is 6.14. The number of ether oxygens (including phenoxy) is 1. The van der Waals surface area contributed by atoms with Crippen LogP contribution in [-0.2, 0) is 4.74 Å². The number of hydrogen-bond donors (Lipinski definition) is 2. The zero-order valence-corrected chi connectivity index (χ0v) is 10.7. The Bertz CT molecular complexity index is 480. The molecule has 0 aromatic heterocycles. The molecule has 1 saturated heterocycles. The minimum absolute atomic E-state index is 0.0529. The third kappa shape index (κ3) is 3.52. The first-order valence-electron chi connectivity index (χ1n) is 5.76. The molecule has 104 valence electrons. The molecule has 8 heteroatoms. The third-order valence-electron chi connectivity index (χ3n) is 2.77. The SMILES string of the molecule is O=[N+]([O-])c1cc(F)c(Cl)cc1NCC1COCCN1. The molecule has 2 N–H and O–H groups in total. The molecule has 0 bridgehead atoms. The monoisotopic (exact) mass is 289 g/mol. The van der Waals surface area contributed by atoms with Gasteiger partial charge in [0.2, 0.25) is 0 Å². The summed E-state index contributed by atoms with van der Waals surface area (Å²) < 4.78 is 18.5. The summed E-state index contributed by atoms with van der Waals surface area (Å²) in [5, 5.41) is 16.8. The van der Waals surface area contributed by atoms with Crippen LogP contribution in [0.3, 0.4) is 0 Å². The van der Waals surface area contributed by atoms with Gasteiger partial charge in [-0.15, -0.1) is 0 Å². The van der Waals surface area contributed by atoms with Gasteiger partial charge >= 0.3 is 0 Å². The van der Waals surface area contributed by atoms with Gasteiger partial charge in [0.05, 0.1) is 29.2 Å². The fraction of sp³-hybridized carbons (Fsp3) is 0.455. The number of nitro groups is 1. The highest BCUT2D eigenvalue weighted by atomic mass is 35.5. The van der Waals surface area contributed by atoms with Crippen molar-refractivity contribution in [2.75, 3.05) is 31.6 Å². The molecule has 1 fully saturated rings. The molecule has 0 saturated carbocycles. The lowest BCUT2D eigenvalue weighted by Gasteiger charge is -2.24. The van der Waals surface area contributed by atoms with E-state index in [2.05, 4.69) is 10.6 Å². The summed E-state index contributed by atoms with van der Waals surface area (Å²) in [5.74, 6) is -0.807. The minimum Gasteiger partial charge on any atom is -0.378 e. The summed E-state index contributed by atoms with van der Waals surface area (Å²) in [4.78, 5) is 10.2. The Kier molecular flexibility index (Phi) is 4.52. The van der Waals surface area contributed by atoms with E-state index < -0.39 is 10.7 Å². The molecule has 0 amide bonds. The number of morpholine rings is 1. The van der Waals surface area contributed by atoms with Gasteiger partial charge in [-0.25, -0.2) is 4.39 Å². The number of halogens is 2. The Morgan fingerprint density at radius 3 is 3.05 bits per heavy atom. The van der Waals surface area contributed by atoms with Crippen molar-refractivity contribution in [2.24, 2.45) is 0 Å². The highest BCUT2D eigenvalue weighted by molar-refractivity contribution is 6.31. The van der Waals surface area contributed by atoms with E-state index in [1.807, 2.05) is 0 Å². The molecule has 1 aromatic carbocycles. The lowest BCUT2D eigenvalue weighted by Crippen LogP contribution is -2.45. The molecule has 1 aliphatic heterocycles. The maximum atomic E-state index is 13.2. The topological polar surface area (TPSA) is 76.4 Å². The summed E-state index contributed by atoms with van der Waals surface area (Å²) in [6, 6.07) is 2.09. The van der Waals surface area contributed by atoms with E-state index in [4.69, 9.17) is 16.3 Å². The summed E-state index contributed by atoms with van der Waals surface area (Å²) >= 11 is 5.63. The zero-order chi connectivity index (χ0) is 13.8. The number of rotatable bonds is 4. The van der Waals surface area contributed by atoms with Crippen LogP contribution < -0.4 is 10.6 Å². The van der Waals surface area contributed by atoms with E-state index in [0.717, 1.165) is 12.6 Å². The van der Waals surface area contributed by atoms with Gasteiger partial charge in [-0.1, -0.05) is 11.6 Å². The number of nitrogens with zero attached hydrogens (tertiary/aromatic N) is 1. The van der Waals surface area contributed by atoms with Crippen molar-refractivity contribution in [3.8, 4) is 0 Å². The number of nitrogens with one attached hydrogen (secondary N) is 2. The Balaban J connectivity index is 2.09. The van der Waals surface area contributed by atoms with Crippen LogP contribution in [0.15, 0.2) is 12.1 Å². The smallest absolute Gasteiger partial charge is 0.295 e. The largest absolute Gasteiger partial charge is 0.378 e. The molecule has 0 aliphatic carbocycles. The third-order valence-corrected chi connectivity index (χ3v) is 3.06. The predicted octanol–water partition coefficient (Wildman–Crippen LogP) is 1.79. The van der Waals surface area contributed by atoms with Gasteiger partial charge in [-0.2, -0.15) is 0 Å². The molecule has 1 heterocycles. The van der Waals surface area contributed by atoms with Crippen LogP contribution in [0, 0.1) is 15.9 Å². The van der Waals surface area contributed by atoms with Gasteiger partial charge in [0.25, 0.3) is 5.69 Å². The first kappa shape index (κ1) is 14.0. The van der Waals surface area contributed by atoms with Gasteiger partial charge < -0.3 is 15.4 Å². The molecular weight excluding hydrogens is 277 g/mol. The van der Waals surface area contributed by atoms with E-state index in [9.17, 15) is 14.5 Å². The summed E-state index contributed by atoms with van der Waals surface area (Å²) in [6.07, 6.45) is 0. The van der Waals surface area contributed by atoms with Gasteiger partial charge in [0.1, 0.15) is 11.5 Å². The van der Waals surface area contributed by atoms with E-state index in [0.29, 0.717) is 19.8 Å². The van der Waals surface area contributed by atoms with Crippen LogP contribution in [0.2, 0.25) is 5.02 Å². The van der Waals surface area contributed by atoms with Crippen molar-refractivity contribution in [2.45, 2.75) is 6.04 Å². The normalized spacial score (nSPS) is 19.2. The van der Waals surface area contributed by atoms with Crippen LogP contribution >= 0.6 is 11.6 Å². The lowest BCUT2D eigenvalue weighted by atomic mass is 10.2. The average molecular weight is 290 g/mol. The van der Waals surface area contributed by atoms with Crippen LogP contribution in [0.5, 0.6) is 0 Å². The maximum Gasteiger partial charge on any atom is 0.295 e. The fourth-order valence-corrected chi connectivity index (χ4v) is 1.98. The van der Waals surface area contributed by atoms with Gasteiger partial charge in [-0.3, -0.25) is 10.1 Å². The van der Waals surface area contributed by atoms with E-state index in [1.54, 1.807) is 0 Å². The minimum atomic E-state index is -0.807.